The van der Waals surface area contributed by atoms with Crippen molar-refractivity contribution in [3.8, 4) is 11.8 Å². The fraction of sp³-hybridized carbons (Fsp3) is 0.333. The van der Waals surface area contributed by atoms with Crippen LogP contribution >= 0.6 is 0 Å². The largest absolute Gasteiger partial charge is 0.358 e. The van der Waals surface area contributed by atoms with Gasteiger partial charge < -0.3 is 10.3 Å². The normalized spacial score (nSPS) is 17.0. The molecule has 25 heavy (non-hydrogen) atoms. The lowest BCUT2D eigenvalue weighted by molar-refractivity contribution is -0.116. The minimum atomic E-state index is -0.294. The van der Waals surface area contributed by atoms with E-state index in [1.807, 2.05) is 19.9 Å². The van der Waals surface area contributed by atoms with Crippen molar-refractivity contribution >= 4 is 22.4 Å². The molecule has 2 N–H and O–H groups in total. The number of carbonyl (C=O) groups is 1. The quantitative estimate of drug-likeness (QED) is 0.793. The maximum atomic E-state index is 14.9. The number of hydrogen-bond donors (Lipinski definition) is 2. The zero-order chi connectivity index (χ0) is 18.1. The summed E-state index contributed by atoms with van der Waals surface area (Å²) in [4.78, 5) is 15.1. The Hall–Kier alpha value is -2.54. The molecule has 129 valence electrons. The number of hydrogen-bond acceptors (Lipinski definition) is 1. The van der Waals surface area contributed by atoms with Crippen LogP contribution in [0.1, 0.15) is 48.6 Å². The third-order valence-corrected chi connectivity index (χ3v) is 4.85. The van der Waals surface area contributed by atoms with E-state index in [-0.39, 0.29) is 17.8 Å². The summed E-state index contributed by atoms with van der Waals surface area (Å²) >= 11 is 0. The van der Waals surface area contributed by atoms with Gasteiger partial charge in [-0.15, -0.1) is 0 Å². The van der Waals surface area contributed by atoms with Gasteiger partial charge in [-0.05, 0) is 75.6 Å². The first-order valence-corrected chi connectivity index (χ1v) is 8.50. The molecule has 1 heterocycles. The van der Waals surface area contributed by atoms with Crippen LogP contribution in [0.25, 0.3) is 16.5 Å². The first kappa shape index (κ1) is 17.3. The standard InChI is InChI=1S/C21H22FN2O/c1-5-7-18(25)24-16-9-6-8-15(11-16)20-17(22)10-12(2)21-19(20)13(3)14(4)23-21/h10-11,16,23H,2,6,8-9H2,1,3-4H3,(H,24,25)/t16-/m0/s1. The number of halogens is 1. The summed E-state index contributed by atoms with van der Waals surface area (Å²) in [6, 6.07) is 1.37. The number of carbonyl (C=O) groups excluding carboxylic acids is 1. The number of nitrogens with one attached hydrogen (secondary N) is 2. The van der Waals surface area contributed by atoms with E-state index in [0.717, 1.165) is 47.0 Å². The molecule has 0 saturated carbocycles. The Morgan fingerprint density at radius 3 is 2.92 bits per heavy atom. The lowest BCUT2D eigenvalue weighted by Crippen LogP contribution is -2.33. The Morgan fingerprint density at radius 2 is 2.20 bits per heavy atom. The molecule has 0 fully saturated rings. The average Bonchev–Trinajstić information content (AvgIpc) is 2.85. The van der Waals surface area contributed by atoms with Gasteiger partial charge >= 0.3 is 0 Å². The van der Waals surface area contributed by atoms with Crippen LogP contribution in [0.3, 0.4) is 0 Å². The van der Waals surface area contributed by atoms with Crippen molar-refractivity contribution in [2.24, 2.45) is 0 Å². The third-order valence-electron chi connectivity index (χ3n) is 4.85. The molecule has 1 aliphatic carbocycles. The molecule has 0 unspecified atom stereocenters. The van der Waals surface area contributed by atoms with Crippen LogP contribution in [0.2, 0.25) is 0 Å². The zero-order valence-corrected chi connectivity index (χ0v) is 14.8. The number of amides is 1. The summed E-state index contributed by atoms with van der Waals surface area (Å²) in [5.74, 6) is 4.54. The van der Waals surface area contributed by atoms with Gasteiger partial charge in [-0.1, -0.05) is 12.0 Å². The molecular weight excluding hydrogens is 315 g/mol. The number of fused-ring (bicyclic) bond motifs is 1. The van der Waals surface area contributed by atoms with Crippen LogP contribution in [0.5, 0.6) is 0 Å². The molecule has 0 aliphatic heterocycles. The van der Waals surface area contributed by atoms with Gasteiger partial charge in [-0.25, -0.2) is 4.39 Å². The highest BCUT2D eigenvalue weighted by atomic mass is 19.1. The molecule has 2 aromatic rings. The molecule has 4 heteroatoms. The predicted octanol–water partition coefficient (Wildman–Crippen LogP) is 4.18. The average molecular weight is 337 g/mol. The van der Waals surface area contributed by atoms with E-state index < -0.39 is 0 Å². The molecule has 1 aromatic carbocycles. The second-order valence-corrected chi connectivity index (χ2v) is 6.56. The number of allylic oxidation sites excluding steroid dienone is 1. The molecule has 0 bridgehead atoms. The Bertz CT molecular complexity index is 940. The molecule has 1 aromatic heterocycles. The van der Waals surface area contributed by atoms with Crippen LogP contribution in [0, 0.1) is 38.4 Å². The van der Waals surface area contributed by atoms with Gasteiger partial charge in [0.1, 0.15) is 5.82 Å². The smallest absolute Gasteiger partial charge is 0.296 e. The summed E-state index contributed by atoms with van der Waals surface area (Å²) in [7, 11) is 0. The van der Waals surface area contributed by atoms with E-state index in [9.17, 15) is 9.18 Å². The first-order chi connectivity index (χ1) is 11.9. The third kappa shape index (κ3) is 3.19. The van der Waals surface area contributed by atoms with Crippen molar-refractivity contribution in [2.45, 2.75) is 46.1 Å². The van der Waals surface area contributed by atoms with Gasteiger partial charge in [0.25, 0.3) is 5.91 Å². The number of benzene rings is 1. The van der Waals surface area contributed by atoms with Crippen molar-refractivity contribution in [1.29, 1.82) is 0 Å². The minimum Gasteiger partial charge on any atom is -0.358 e. The van der Waals surface area contributed by atoms with Gasteiger partial charge in [-0.2, -0.15) is 0 Å². The van der Waals surface area contributed by atoms with Crippen LogP contribution in [-0.2, 0) is 4.79 Å². The molecule has 1 amide bonds. The van der Waals surface area contributed by atoms with E-state index in [1.165, 1.54) is 6.07 Å². The lowest BCUT2D eigenvalue weighted by Gasteiger charge is -2.23. The summed E-state index contributed by atoms with van der Waals surface area (Å²) in [5, 5.41) is 3.78. The monoisotopic (exact) mass is 337 g/mol. The number of aryl methyl sites for hydroxylation is 2. The van der Waals surface area contributed by atoms with E-state index in [0.29, 0.717) is 11.1 Å². The van der Waals surface area contributed by atoms with Gasteiger partial charge in [-0.3, -0.25) is 4.79 Å². The molecule has 1 radical (unpaired) electrons. The molecular formula is C21H22FN2O. The van der Waals surface area contributed by atoms with Gasteiger partial charge in [0.2, 0.25) is 0 Å². The van der Waals surface area contributed by atoms with Crippen molar-refractivity contribution in [3.63, 3.8) is 0 Å². The van der Waals surface area contributed by atoms with Gasteiger partial charge in [0.05, 0.1) is 0 Å². The fourth-order valence-electron chi connectivity index (χ4n) is 3.56. The number of aromatic amines is 1. The van der Waals surface area contributed by atoms with Crippen molar-refractivity contribution < 1.29 is 9.18 Å². The highest BCUT2D eigenvalue weighted by molar-refractivity contribution is 5.98. The Balaban J connectivity index is 2.10. The van der Waals surface area contributed by atoms with E-state index >= 15 is 0 Å². The van der Waals surface area contributed by atoms with Gasteiger partial charge in [0.15, 0.2) is 0 Å². The Morgan fingerprint density at radius 1 is 1.44 bits per heavy atom. The van der Waals surface area contributed by atoms with Crippen LogP contribution < -0.4 is 5.32 Å². The Labute approximate surface area is 147 Å². The SMILES string of the molecule is [CH2]c1cc(F)c(C2=C[C@@H](NC(=O)C#CC)CCC2)c2c(C)c(C)[nH]c12. The zero-order valence-electron chi connectivity index (χ0n) is 14.8. The fourth-order valence-corrected chi connectivity index (χ4v) is 3.56. The minimum absolute atomic E-state index is 0.119. The highest BCUT2D eigenvalue weighted by Crippen LogP contribution is 2.37. The maximum Gasteiger partial charge on any atom is 0.296 e. The first-order valence-electron chi connectivity index (χ1n) is 8.50. The number of aromatic nitrogens is 1. The summed E-state index contributed by atoms with van der Waals surface area (Å²) in [5.41, 5.74) is 5.17. The second-order valence-electron chi connectivity index (χ2n) is 6.56. The summed E-state index contributed by atoms with van der Waals surface area (Å²) in [6.45, 7) is 9.57. The lowest BCUT2D eigenvalue weighted by atomic mass is 9.87. The highest BCUT2D eigenvalue weighted by Gasteiger charge is 2.22. The summed E-state index contributed by atoms with van der Waals surface area (Å²) < 4.78 is 14.9. The van der Waals surface area contributed by atoms with Gasteiger partial charge in [0, 0.05) is 28.2 Å². The molecule has 0 saturated heterocycles. The molecule has 0 spiro atoms. The predicted molar refractivity (Wildman–Crippen MR) is 99.4 cm³/mol. The van der Waals surface area contributed by atoms with E-state index in [1.54, 1.807) is 6.92 Å². The molecule has 1 atom stereocenters. The molecule has 3 rings (SSSR count). The molecule has 3 nitrogen and oxygen atoms in total. The van der Waals surface area contributed by atoms with Crippen LogP contribution in [-0.4, -0.2) is 16.9 Å². The van der Waals surface area contributed by atoms with Crippen molar-refractivity contribution in [3.05, 3.63) is 47.3 Å². The van der Waals surface area contributed by atoms with Crippen LogP contribution in [0.4, 0.5) is 4.39 Å². The maximum absolute atomic E-state index is 14.9. The topological polar surface area (TPSA) is 44.9 Å². The number of H-pyrrole nitrogens is 1. The van der Waals surface area contributed by atoms with Crippen molar-refractivity contribution in [2.75, 3.05) is 0 Å². The van der Waals surface area contributed by atoms with Crippen LogP contribution in [0.15, 0.2) is 12.1 Å². The van der Waals surface area contributed by atoms with E-state index in [2.05, 4.69) is 29.1 Å². The Kier molecular flexibility index (Phi) is 4.67. The number of rotatable bonds is 2. The molecule has 1 aliphatic rings. The summed E-state index contributed by atoms with van der Waals surface area (Å²) in [6.07, 6.45) is 4.49. The van der Waals surface area contributed by atoms with E-state index in [4.69, 9.17) is 0 Å². The second kappa shape index (κ2) is 6.76. The van der Waals surface area contributed by atoms with Crippen molar-refractivity contribution in [1.82, 2.24) is 10.3 Å².